The van der Waals surface area contributed by atoms with E-state index in [-0.39, 0.29) is 5.91 Å². The molecule has 1 aliphatic rings. The fourth-order valence-electron chi connectivity index (χ4n) is 3.25. The first kappa shape index (κ1) is 14.8. The van der Waals surface area contributed by atoms with Crippen molar-refractivity contribution >= 4 is 5.91 Å². The molecule has 6 nitrogen and oxygen atoms in total. The molecule has 0 unspecified atom stereocenters. The van der Waals surface area contributed by atoms with E-state index in [0.717, 1.165) is 50.3 Å². The Labute approximate surface area is 130 Å². The summed E-state index contributed by atoms with van der Waals surface area (Å²) in [5, 5.41) is 6.94. The summed E-state index contributed by atoms with van der Waals surface area (Å²) in [6, 6.07) is 0.326. The van der Waals surface area contributed by atoms with E-state index < -0.39 is 0 Å². The van der Waals surface area contributed by atoms with Crippen LogP contribution in [-0.2, 0) is 12.8 Å². The summed E-state index contributed by atoms with van der Waals surface area (Å²) in [6.07, 6.45) is 9.37. The van der Waals surface area contributed by atoms with Crippen molar-refractivity contribution in [3.05, 3.63) is 35.7 Å². The van der Waals surface area contributed by atoms with E-state index in [4.69, 9.17) is 0 Å². The maximum absolute atomic E-state index is 12.8. The Morgan fingerprint density at radius 1 is 1.41 bits per heavy atom. The van der Waals surface area contributed by atoms with Gasteiger partial charge in [-0.25, -0.2) is 4.98 Å². The number of imidazole rings is 1. The summed E-state index contributed by atoms with van der Waals surface area (Å²) < 4.78 is 2.23. The highest BCUT2D eigenvalue weighted by atomic mass is 16.2. The van der Waals surface area contributed by atoms with Gasteiger partial charge >= 0.3 is 0 Å². The molecule has 0 aromatic carbocycles. The van der Waals surface area contributed by atoms with Gasteiger partial charge in [0.05, 0.1) is 17.8 Å². The number of carbonyl (C=O) groups excluding carboxylic acids is 1. The number of amides is 1. The van der Waals surface area contributed by atoms with Gasteiger partial charge in [0.15, 0.2) is 0 Å². The van der Waals surface area contributed by atoms with Crippen molar-refractivity contribution < 1.29 is 4.79 Å². The van der Waals surface area contributed by atoms with Crippen molar-refractivity contribution in [2.24, 2.45) is 0 Å². The second-order valence-corrected chi connectivity index (χ2v) is 5.77. The molecule has 0 radical (unpaired) electrons. The van der Waals surface area contributed by atoms with Crippen LogP contribution >= 0.6 is 0 Å². The lowest BCUT2D eigenvalue weighted by Crippen LogP contribution is -2.41. The van der Waals surface area contributed by atoms with Gasteiger partial charge in [0.2, 0.25) is 0 Å². The summed E-state index contributed by atoms with van der Waals surface area (Å²) in [5.74, 6) is 1.19. The number of aromatic amines is 1. The number of aromatic nitrogens is 4. The van der Waals surface area contributed by atoms with Crippen LogP contribution in [0.25, 0.3) is 0 Å². The molecular weight excluding hydrogens is 278 g/mol. The molecule has 0 saturated carbocycles. The SMILES string of the molecule is CCc1[nH]ncc1C(=O)N1CCC[C@H](n2ccnc2CC)C1. The number of likely N-dealkylation sites (tertiary alicyclic amines) is 1. The Morgan fingerprint density at radius 3 is 3.05 bits per heavy atom. The zero-order chi connectivity index (χ0) is 15.5. The van der Waals surface area contributed by atoms with Crippen LogP contribution in [-0.4, -0.2) is 43.6 Å². The van der Waals surface area contributed by atoms with Gasteiger partial charge in [0.1, 0.15) is 5.82 Å². The van der Waals surface area contributed by atoms with Crippen LogP contribution in [0.3, 0.4) is 0 Å². The average molecular weight is 301 g/mol. The number of nitrogens with one attached hydrogen (secondary N) is 1. The standard InChI is InChI=1S/C16H23N5O/c1-3-14-13(10-18-19-14)16(22)20-8-5-6-12(11-20)21-9-7-17-15(21)4-2/h7,9-10,12H,3-6,8,11H2,1-2H3,(H,18,19)/t12-/m0/s1. The first-order valence-electron chi connectivity index (χ1n) is 8.07. The highest BCUT2D eigenvalue weighted by molar-refractivity contribution is 5.95. The lowest BCUT2D eigenvalue weighted by Gasteiger charge is -2.34. The lowest BCUT2D eigenvalue weighted by atomic mass is 10.0. The number of rotatable bonds is 4. The first-order valence-corrected chi connectivity index (χ1v) is 8.07. The highest BCUT2D eigenvalue weighted by Gasteiger charge is 2.27. The summed E-state index contributed by atoms with van der Waals surface area (Å²) in [4.78, 5) is 19.1. The van der Waals surface area contributed by atoms with Gasteiger partial charge in [-0.05, 0) is 19.3 Å². The molecule has 0 aliphatic carbocycles. The van der Waals surface area contributed by atoms with Crippen molar-refractivity contribution in [1.82, 2.24) is 24.6 Å². The molecule has 22 heavy (non-hydrogen) atoms. The maximum Gasteiger partial charge on any atom is 0.257 e. The second kappa shape index (κ2) is 6.34. The van der Waals surface area contributed by atoms with Gasteiger partial charge < -0.3 is 9.47 Å². The van der Waals surface area contributed by atoms with Crippen LogP contribution < -0.4 is 0 Å². The molecule has 1 saturated heterocycles. The second-order valence-electron chi connectivity index (χ2n) is 5.77. The van der Waals surface area contributed by atoms with Crippen LogP contribution in [0.2, 0.25) is 0 Å². The third-order valence-electron chi connectivity index (χ3n) is 4.44. The molecule has 0 bridgehead atoms. The zero-order valence-electron chi connectivity index (χ0n) is 13.2. The number of piperidine rings is 1. The predicted octanol–water partition coefficient (Wildman–Crippen LogP) is 2.21. The Balaban J connectivity index is 1.77. The summed E-state index contributed by atoms with van der Waals surface area (Å²) in [5.41, 5.74) is 1.63. The van der Waals surface area contributed by atoms with E-state index in [1.54, 1.807) is 6.20 Å². The minimum Gasteiger partial charge on any atom is -0.336 e. The van der Waals surface area contributed by atoms with E-state index >= 15 is 0 Å². The maximum atomic E-state index is 12.8. The van der Waals surface area contributed by atoms with Crippen LogP contribution in [0.4, 0.5) is 0 Å². The van der Waals surface area contributed by atoms with E-state index in [0.29, 0.717) is 11.6 Å². The molecule has 2 aromatic rings. The van der Waals surface area contributed by atoms with Gasteiger partial charge in [-0.15, -0.1) is 0 Å². The van der Waals surface area contributed by atoms with E-state index in [9.17, 15) is 4.79 Å². The molecule has 1 fully saturated rings. The fourth-order valence-corrected chi connectivity index (χ4v) is 3.25. The number of nitrogens with zero attached hydrogens (tertiary/aromatic N) is 4. The van der Waals surface area contributed by atoms with Crippen LogP contribution in [0.15, 0.2) is 18.6 Å². The van der Waals surface area contributed by atoms with E-state index in [1.807, 2.05) is 24.2 Å². The Kier molecular flexibility index (Phi) is 4.27. The Morgan fingerprint density at radius 2 is 2.27 bits per heavy atom. The Bertz CT molecular complexity index is 645. The average Bonchev–Trinajstić information content (AvgIpc) is 3.22. The molecule has 1 aliphatic heterocycles. The topological polar surface area (TPSA) is 66.8 Å². The molecule has 0 spiro atoms. The van der Waals surface area contributed by atoms with Crippen LogP contribution in [0.1, 0.15) is 54.6 Å². The van der Waals surface area contributed by atoms with Crippen molar-refractivity contribution in [3.8, 4) is 0 Å². The van der Waals surface area contributed by atoms with Gasteiger partial charge in [-0.3, -0.25) is 9.89 Å². The van der Waals surface area contributed by atoms with Crippen molar-refractivity contribution in [3.63, 3.8) is 0 Å². The molecule has 1 N–H and O–H groups in total. The van der Waals surface area contributed by atoms with Crippen LogP contribution in [0, 0.1) is 0 Å². The fraction of sp³-hybridized carbons (Fsp3) is 0.562. The number of H-pyrrole nitrogens is 1. The smallest absolute Gasteiger partial charge is 0.257 e. The molecule has 1 amide bonds. The summed E-state index contributed by atoms with van der Waals surface area (Å²) in [7, 11) is 0. The quantitative estimate of drug-likeness (QED) is 0.941. The Hall–Kier alpha value is -2.11. The molecular formula is C16H23N5O. The summed E-state index contributed by atoms with van der Waals surface area (Å²) in [6.45, 7) is 5.71. The molecule has 3 heterocycles. The molecule has 3 rings (SSSR count). The molecule has 6 heteroatoms. The highest BCUT2D eigenvalue weighted by Crippen LogP contribution is 2.24. The predicted molar refractivity (Wildman–Crippen MR) is 83.7 cm³/mol. The van der Waals surface area contributed by atoms with Gasteiger partial charge in [-0.2, -0.15) is 5.10 Å². The van der Waals surface area contributed by atoms with Crippen molar-refractivity contribution in [2.75, 3.05) is 13.1 Å². The van der Waals surface area contributed by atoms with Crippen molar-refractivity contribution in [2.45, 2.75) is 45.6 Å². The monoisotopic (exact) mass is 301 g/mol. The summed E-state index contributed by atoms with van der Waals surface area (Å²) >= 11 is 0. The van der Waals surface area contributed by atoms with E-state index in [2.05, 4.69) is 26.7 Å². The first-order chi connectivity index (χ1) is 10.7. The lowest BCUT2D eigenvalue weighted by molar-refractivity contribution is 0.0677. The number of aryl methyl sites for hydroxylation is 2. The minimum atomic E-state index is 0.0912. The van der Waals surface area contributed by atoms with Crippen molar-refractivity contribution in [1.29, 1.82) is 0 Å². The molecule has 2 aromatic heterocycles. The third-order valence-corrected chi connectivity index (χ3v) is 4.44. The van der Waals surface area contributed by atoms with Gasteiger partial charge in [0, 0.05) is 37.6 Å². The number of hydrogen-bond acceptors (Lipinski definition) is 3. The number of hydrogen-bond donors (Lipinski definition) is 1. The largest absolute Gasteiger partial charge is 0.336 e. The molecule has 118 valence electrons. The normalized spacial score (nSPS) is 18.6. The minimum absolute atomic E-state index is 0.0912. The van der Waals surface area contributed by atoms with Gasteiger partial charge in [0.25, 0.3) is 5.91 Å². The van der Waals surface area contributed by atoms with E-state index in [1.165, 1.54) is 0 Å². The molecule has 1 atom stereocenters. The number of carbonyl (C=O) groups is 1. The third kappa shape index (κ3) is 2.65. The van der Waals surface area contributed by atoms with Gasteiger partial charge in [-0.1, -0.05) is 13.8 Å². The zero-order valence-corrected chi connectivity index (χ0v) is 13.2. The van der Waals surface area contributed by atoms with Crippen LogP contribution in [0.5, 0.6) is 0 Å².